The van der Waals surface area contributed by atoms with Crippen molar-refractivity contribution >= 4 is 5.78 Å². The first-order valence-corrected chi connectivity index (χ1v) is 2.73. The van der Waals surface area contributed by atoms with Crippen molar-refractivity contribution in [3.05, 3.63) is 23.7 Å². The van der Waals surface area contributed by atoms with E-state index in [-0.39, 0.29) is 11.5 Å². The SMILES string of the molecule is CC(=O)c1cc(C#N)co1. The first-order chi connectivity index (χ1) is 4.74. The van der Waals surface area contributed by atoms with E-state index in [9.17, 15) is 4.79 Å². The Morgan fingerprint density at radius 2 is 2.50 bits per heavy atom. The summed E-state index contributed by atoms with van der Waals surface area (Å²) in [5.41, 5.74) is 0.380. The zero-order valence-electron chi connectivity index (χ0n) is 5.42. The van der Waals surface area contributed by atoms with Gasteiger partial charge in [0.25, 0.3) is 0 Å². The minimum absolute atomic E-state index is 0.165. The first-order valence-electron chi connectivity index (χ1n) is 2.73. The molecule has 0 spiro atoms. The van der Waals surface area contributed by atoms with E-state index in [1.807, 2.05) is 6.07 Å². The van der Waals surface area contributed by atoms with E-state index < -0.39 is 0 Å². The van der Waals surface area contributed by atoms with Gasteiger partial charge in [-0.05, 0) is 0 Å². The monoisotopic (exact) mass is 135 g/mol. The Morgan fingerprint density at radius 1 is 1.80 bits per heavy atom. The molecular formula is C7H5NO2. The third-order valence-electron chi connectivity index (χ3n) is 1.08. The average molecular weight is 135 g/mol. The third kappa shape index (κ3) is 1.06. The van der Waals surface area contributed by atoms with E-state index in [1.165, 1.54) is 19.3 Å². The third-order valence-corrected chi connectivity index (χ3v) is 1.08. The molecule has 0 unspecified atom stereocenters. The lowest BCUT2D eigenvalue weighted by Gasteiger charge is -1.80. The van der Waals surface area contributed by atoms with Crippen molar-refractivity contribution in [1.29, 1.82) is 5.26 Å². The molecule has 0 atom stereocenters. The highest BCUT2D eigenvalue weighted by Gasteiger charge is 2.03. The Morgan fingerprint density at radius 3 is 2.80 bits per heavy atom. The lowest BCUT2D eigenvalue weighted by Crippen LogP contribution is -1.85. The highest BCUT2D eigenvalue weighted by atomic mass is 16.3. The number of ketones is 1. The minimum atomic E-state index is -0.165. The van der Waals surface area contributed by atoms with Gasteiger partial charge in [0.15, 0.2) is 11.5 Å². The number of hydrogen-bond donors (Lipinski definition) is 0. The summed E-state index contributed by atoms with van der Waals surface area (Å²) < 4.78 is 4.74. The van der Waals surface area contributed by atoms with Gasteiger partial charge in [-0.1, -0.05) is 0 Å². The Hall–Kier alpha value is -1.56. The van der Waals surface area contributed by atoms with Gasteiger partial charge >= 0.3 is 0 Å². The van der Waals surface area contributed by atoms with Crippen molar-refractivity contribution in [3.63, 3.8) is 0 Å². The summed E-state index contributed by atoms with van der Waals surface area (Å²) in [5.74, 6) is 0.0676. The maximum atomic E-state index is 10.6. The van der Waals surface area contributed by atoms with Crippen LogP contribution in [0.2, 0.25) is 0 Å². The van der Waals surface area contributed by atoms with Crippen LogP contribution in [0.5, 0.6) is 0 Å². The highest BCUT2D eigenvalue weighted by Crippen LogP contribution is 2.06. The number of carbonyl (C=O) groups excluding carboxylic acids is 1. The molecule has 0 aliphatic carbocycles. The topological polar surface area (TPSA) is 54.0 Å². The van der Waals surface area contributed by atoms with Gasteiger partial charge in [-0.15, -0.1) is 0 Å². The first kappa shape index (κ1) is 6.56. The van der Waals surface area contributed by atoms with Gasteiger partial charge in [0.2, 0.25) is 0 Å². The molecule has 0 N–H and O–H groups in total. The van der Waals surface area contributed by atoms with Crippen LogP contribution in [0.3, 0.4) is 0 Å². The van der Waals surface area contributed by atoms with Crippen molar-refractivity contribution in [2.75, 3.05) is 0 Å². The second-order valence-corrected chi connectivity index (χ2v) is 1.87. The van der Waals surface area contributed by atoms with Gasteiger partial charge in [-0.2, -0.15) is 5.26 Å². The zero-order chi connectivity index (χ0) is 7.56. The van der Waals surface area contributed by atoms with Gasteiger partial charge < -0.3 is 4.42 Å². The quantitative estimate of drug-likeness (QED) is 0.546. The number of hydrogen-bond acceptors (Lipinski definition) is 3. The molecule has 0 amide bonds. The molecule has 1 heterocycles. The van der Waals surface area contributed by atoms with Crippen LogP contribution in [0.4, 0.5) is 0 Å². The predicted octanol–water partition coefficient (Wildman–Crippen LogP) is 1.35. The fraction of sp³-hybridized carbons (Fsp3) is 0.143. The largest absolute Gasteiger partial charge is 0.460 e. The summed E-state index contributed by atoms with van der Waals surface area (Å²) in [6.07, 6.45) is 1.26. The molecule has 10 heavy (non-hydrogen) atoms. The van der Waals surface area contributed by atoms with E-state index in [0.717, 1.165) is 0 Å². The molecule has 3 nitrogen and oxygen atoms in total. The predicted molar refractivity (Wildman–Crippen MR) is 33.4 cm³/mol. The van der Waals surface area contributed by atoms with E-state index in [4.69, 9.17) is 9.68 Å². The molecule has 1 rings (SSSR count). The lowest BCUT2D eigenvalue weighted by molar-refractivity contribution is 0.0987. The van der Waals surface area contributed by atoms with Crippen LogP contribution in [0.15, 0.2) is 16.7 Å². The Bertz CT molecular complexity index is 293. The highest BCUT2D eigenvalue weighted by molar-refractivity contribution is 5.91. The van der Waals surface area contributed by atoms with Gasteiger partial charge in [-0.3, -0.25) is 4.79 Å². The molecule has 0 aliphatic heterocycles. The fourth-order valence-electron chi connectivity index (χ4n) is 0.579. The number of carbonyl (C=O) groups is 1. The molecule has 0 fully saturated rings. The van der Waals surface area contributed by atoms with E-state index in [0.29, 0.717) is 5.56 Å². The Kier molecular flexibility index (Phi) is 1.55. The maximum absolute atomic E-state index is 10.6. The van der Waals surface area contributed by atoms with Crippen LogP contribution in [-0.2, 0) is 0 Å². The lowest BCUT2D eigenvalue weighted by atomic mass is 10.3. The van der Waals surface area contributed by atoms with Crippen molar-refractivity contribution in [3.8, 4) is 6.07 Å². The van der Waals surface area contributed by atoms with Crippen molar-refractivity contribution < 1.29 is 9.21 Å². The standard InChI is InChI=1S/C7H5NO2/c1-5(9)7-2-6(3-8)4-10-7/h2,4H,1H3. The fourth-order valence-corrected chi connectivity index (χ4v) is 0.579. The van der Waals surface area contributed by atoms with Crippen LogP contribution in [-0.4, -0.2) is 5.78 Å². The van der Waals surface area contributed by atoms with Crippen LogP contribution in [0.25, 0.3) is 0 Å². The molecule has 0 aliphatic rings. The van der Waals surface area contributed by atoms with E-state index >= 15 is 0 Å². The average Bonchev–Trinajstić information content (AvgIpc) is 2.34. The zero-order valence-corrected chi connectivity index (χ0v) is 5.42. The smallest absolute Gasteiger partial charge is 0.194 e. The second kappa shape index (κ2) is 2.36. The molecule has 0 radical (unpaired) electrons. The molecule has 1 aromatic rings. The number of furan rings is 1. The molecule has 3 heteroatoms. The number of nitriles is 1. The summed E-state index contributed by atoms with van der Waals surface area (Å²) in [5, 5.41) is 8.31. The Balaban J connectivity index is 3.02. The molecular weight excluding hydrogens is 130 g/mol. The van der Waals surface area contributed by atoms with Crippen molar-refractivity contribution in [2.45, 2.75) is 6.92 Å². The van der Waals surface area contributed by atoms with E-state index in [2.05, 4.69) is 0 Å². The minimum Gasteiger partial charge on any atom is -0.460 e. The van der Waals surface area contributed by atoms with E-state index in [1.54, 1.807) is 0 Å². The summed E-state index contributed by atoms with van der Waals surface area (Å²) >= 11 is 0. The normalized spacial score (nSPS) is 8.80. The second-order valence-electron chi connectivity index (χ2n) is 1.87. The van der Waals surface area contributed by atoms with Crippen LogP contribution >= 0.6 is 0 Å². The number of Topliss-reactive ketones (excluding diaryl/α,β-unsaturated/α-hetero) is 1. The van der Waals surface area contributed by atoms with Crippen molar-refractivity contribution in [2.24, 2.45) is 0 Å². The van der Waals surface area contributed by atoms with Gasteiger partial charge in [0.05, 0.1) is 5.56 Å². The van der Waals surface area contributed by atoms with Crippen molar-refractivity contribution in [1.82, 2.24) is 0 Å². The number of nitrogens with zero attached hydrogens (tertiary/aromatic N) is 1. The summed E-state index contributed by atoms with van der Waals surface area (Å²) in [6, 6.07) is 3.28. The molecule has 50 valence electrons. The summed E-state index contributed by atoms with van der Waals surface area (Å²) in [4.78, 5) is 10.6. The molecule has 1 aromatic heterocycles. The molecule has 0 saturated heterocycles. The summed E-state index contributed by atoms with van der Waals surface area (Å²) in [6.45, 7) is 1.39. The van der Waals surface area contributed by atoms with Gasteiger partial charge in [0, 0.05) is 13.0 Å². The molecule has 0 saturated carbocycles. The van der Waals surface area contributed by atoms with Crippen LogP contribution < -0.4 is 0 Å². The molecule has 0 aromatic carbocycles. The number of rotatable bonds is 1. The Labute approximate surface area is 57.9 Å². The van der Waals surface area contributed by atoms with Crippen LogP contribution in [0, 0.1) is 11.3 Å². The van der Waals surface area contributed by atoms with Gasteiger partial charge in [-0.25, -0.2) is 0 Å². The molecule has 0 bridgehead atoms. The van der Waals surface area contributed by atoms with Crippen LogP contribution in [0.1, 0.15) is 23.0 Å². The maximum Gasteiger partial charge on any atom is 0.194 e. The summed E-state index contributed by atoms with van der Waals surface area (Å²) in [7, 11) is 0. The van der Waals surface area contributed by atoms with Gasteiger partial charge in [0.1, 0.15) is 12.3 Å².